The van der Waals surface area contributed by atoms with Gasteiger partial charge in [0.05, 0.1) is 16.8 Å². The summed E-state index contributed by atoms with van der Waals surface area (Å²) >= 11 is 1.67. The lowest BCUT2D eigenvalue weighted by Crippen LogP contribution is -2.22. The average Bonchev–Trinajstić information content (AvgIpc) is 3.52. The van der Waals surface area contributed by atoms with E-state index in [1.165, 1.54) is 0 Å². The Kier molecular flexibility index (Phi) is 6.47. The fourth-order valence-electron chi connectivity index (χ4n) is 4.56. The van der Waals surface area contributed by atoms with E-state index in [1.807, 2.05) is 60.0 Å². The molecule has 0 saturated heterocycles. The van der Waals surface area contributed by atoms with E-state index >= 15 is 0 Å². The van der Waals surface area contributed by atoms with E-state index in [4.69, 9.17) is 9.72 Å². The summed E-state index contributed by atoms with van der Waals surface area (Å²) in [6.45, 7) is 3.79. The number of nitrogens with one attached hydrogen (secondary N) is 1. The number of nitrogens with zero attached hydrogens (tertiary/aromatic N) is 1. The molecule has 0 aliphatic heterocycles. The van der Waals surface area contributed by atoms with Gasteiger partial charge in [-0.15, -0.1) is 11.3 Å². The van der Waals surface area contributed by atoms with Crippen molar-refractivity contribution in [2.24, 2.45) is 0 Å². The van der Waals surface area contributed by atoms with Crippen LogP contribution in [-0.4, -0.2) is 23.5 Å². The monoisotopic (exact) mass is 482 g/mol. The van der Waals surface area contributed by atoms with E-state index in [9.17, 15) is 9.59 Å². The molecule has 6 heteroatoms. The molecule has 0 saturated carbocycles. The first kappa shape index (κ1) is 23.0. The number of ether oxygens (including phenoxy) is 1. The number of benzene rings is 2. The number of carbonyl (C=O) groups excluding carboxylic acids is 2. The highest BCUT2D eigenvalue weighted by Gasteiger charge is 2.28. The van der Waals surface area contributed by atoms with Crippen LogP contribution in [0.25, 0.3) is 22.6 Å². The molecule has 5 nitrogen and oxygen atoms in total. The molecule has 0 spiro atoms. The number of carbonyl (C=O) groups is 2. The minimum atomic E-state index is -0.496. The van der Waals surface area contributed by atoms with Crippen molar-refractivity contribution in [1.29, 1.82) is 0 Å². The van der Waals surface area contributed by atoms with Crippen molar-refractivity contribution in [3.63, 3.8) is 0 Å². The van der Waals surface area contributed by atoms with Crippen LogP contribution in [0.15, 0.2) is 66.0 Å². The zero-order chi connectivity index (χ0) is 24.4. The van der Waals surface area contributed by atoms with E-state index in [2.05, 4.69) is 31.3 Å². The third-order valence-electron chi connectivity index (χ3n) is 6.20. The molecular weight excluding hydrogens is 456 g/mol. The lowest BCUT2D eigenvalue weighted by Gasteiger charge is -2.14. The molecular formula is C29H26N2O3S. The molecule has 1 aliphatic rings. The predicted octanol–water partition coefficient (Wildman–Crippen LogP) is 6.70. The van der Waals surface area contributed by atoms with Gasteiger partial charge in [0.2, 0.25) is 0 Å². The molecule has 0 unspecified atom stereocenters. The Morgan fingerprint density at radius 2 is 1.86 bits per heavy atom. The molecule has 2 aromatic heterocycles. The highest BCUT2D eigenvalue weighted by atomic mass is 32.1. The Labute approximate surface area is 208 Å². The van der Waals surface area contributed by atoms with Crippen LogP contribution in [0.4, 0.5) is 5.69 Å². The number of allylic oxidation sites excluding steroid dienone is 1. The molecule has 0 radical (unpaired) electrons. The minimum Gasteiger partial charge on any atom is -0.452 e. The Balaban J connectivity index is 1.41. The maximum atomic E-state index is 13.3. The molecule has 1 aliphatic carbocycles. The number of hydrogen-bond donors (Lipinski definition) is 1. The zero-order valence-corrected chi connectivity index (χ0v) is 20.5. The van der Waals surface area contributed by atoms with Crippen molar-refractivity contribution >= 4 is 51.5 Å². The van der Waals surface area contributed by atoms with Crippen LogP contribution in [0, 0.1) is 0 Å². The number of amides is 1. The number of anilines is 1. The number of para-hydroxylation sites is 2. The van der Waals surface area contributed by atoms with Crippen molar-refractivity contribution in [3.8, 4) is 0 Å². The standard InChI is InChI=1S/C29H26N2O3S/c1-18(2)21-9-3-5-11-24(21)30-26(32)17-34-29(33)27-22-10-4-6-12-25(22)31-28-19(13-14-23(27)28)16-20-8-7-15-35-20/h3-12,15-16,18H,13-14,17H2,1-2H3,(H,30,32)/b19-16+. The smallest absolute Gasteiger partial charge is 0.339 e. The van der Waals surface area contributed by atoms with Crippen molar-refractivity contribution in [2.45, 2.75) is 32.6 Å². The van der Waals surface area contributed by atoms with Crippen molar-refractivity contribution in [2.75, 3.05) is 11.9 Å². The summed E-state index contributed by atoms with van der Waals surface area (Å²) in [5, 5.41) is 5.68. The molecule has 0 fully saturated rings. The Bertz CT molecular complexity index is 1440. The molecule has 5 rings (SSSR count). The number of fused-ring (bicyclic) bond motifs is 2. The van der Waals surface area contributed by atoms with Gasteiger partial charge in [0.15, 0.2) is 6.61 Å². The van der Waals surface area contributed by atoms with Crippen LogP contribution in [-0.2, 0) is 16.0 Å². The first-order chi connectivity index (χ1) is 17.0. The molecule has 1 N–H and O–H groups in total. The first-order valence-corrected chi connectivity index (χ1v) is 12.6. The summed E-state index contributed by atoms with van der Waals surface area (Å²) < 4.78 is 5.54. The minimum absolute atomic E-state index is 0.260. The fraction of sp³-hybridized carbons (Fsp3) is 0.207. The molecule has 2 heterocycles. The maximum Gasteiger partial charge on any atom is 0.339 e. The molecule has 4 aromatic rings. The summed E-state index contributed by atoms with van der Waals surface area (Å²) in [5.74, 6) is -0.597. The molecule has 2 aromatic carbocycles. The van der Waals surface area contributed by atoms with Crippen LogP contribution in [0.1, 0.15) is 58.2 Å². The third-order valence-corrected chi connectivity index (χ3v) is 7.02. The quantitative estimate of drug-likeness (QED) is 0.310. The van der Waals surface area contributed by atoms with Crippen LogP contribution >= 0.6 is 11.3 Å². The normalized spacial score (nSPS) is 13.9. The van der Waals surface area contributed by atoms with Gasteiger partial charge in [0, 0.05) is 16.0 Å². The predicted molar refractivity (Wildman–Crippen MR) is 142 cm³/mol. The lowest BCUT2D eigenvalue weighted by atomic mass is 10.0. The summed E-state index contributed by atoms with van der Waals surface area (Å²) in [7, 11) is 0. The van der Waals surface area contributed by atoms with Crippen LogP contribution in [0.5, 0.6) is 0 Å². The Morgan fingerprint density at radius 1 is 1.06 bits per heavy atom. The number of rotatable bonds is 6. The average molecular weight is 483 g/mol. The van der Waals surface area contributed by atoms with Crippen molar-refractivity contribution in [1.82, 2.24) is 4.98 Å². The second kappa shape index (κ2) is 9.84. The number of aromatic nitrogens is 1. The SMILES string of the molecule is CC(C)c1ccccc1NC(=O)COC(=O)c1c2c(nc3ccccc13)/C(=C/c1cccs1)CC2. The molecule has 176 valence electrons. The molecule has 35 heavy (non-hydrogen) atoms. The highest BCUT2D eigenvalue weighted by molar-refractivity contribution is 7.10. The van der Waals surface area contributed by atoms with Gasteiger partial charge in [0.1, 0.15) is 0 Å². The number of esters is 1. The van der Waals surface area contributed by atoms with Gasteiger partial charge < -0.3 is 10.1 Å². The van der Waals surface area contributed by atoms with Gasteiger partial charge in [-0.1, -0.05) is 56.3 Å². The molecule has 0 bridgehead atoms. The van der Waals surface area contributed by atoms with Gasteiger partial charge in [-0.05, 0) is 65.1 Å². The van der Waals surface area contributed by atoms with E-state index in [0.717, 1.165) is 50.3 Å². The Hall–Kier alpha value is -3.77. The van der Waals surface area contributed by atoms with Crippen LogP contribution in [0.3, 0.4) is 0 Å². The maximum absolute atomic E-state index is 13.3. The van der Waals surface area contributed by atoms with Crippen molar-refractivity contribution < 1.29 is 14.3 Å². The zero-order valence-electron chi connectivity index (χ0n) is 19.7. The Morgan fingerprint density at radius 3 is 2.66 bits per heavy atom. The van der Waals surface area contributed by atoms with Gasteiger partial charge in [0.25, 0.3) is 5.91 Å². The topological polar surface area (TPSA) is 68.3 Å². The number of pyridine rings is 1. The molecule has 1 amide bonds. The largest absolute Gasteiger partial charge is 0.452 e. The summed E-state index contributed by atoms with van der Waals surface area (Å²) in [6, 6.07) is 19.4. The summed E-state index contributed by atoms with van der Waals surface area (Å²) in [4.78, 5) is 32.0. The summed E-state index contributed by atoms with van der Waals surface area (Å²) in [6.07, 6.45) is 3.67. The van der Waals surface area contributed by atoms with E-state index in [1.54, 1.807) is 11.3 Å². The van der Waals surface area contributed by atoms with Crippen LogP contribution < -0.4 is 5.32 Å². The lowest BCUT2D eigenvalue weighted by molar-refractivity contribution is -0.119. The fourth-order valence-corrected chi connectivity index (χ4v) is 5.24. The van der Waals surface area contributed by atoms with E-state index in [0.29, 0.717) is 12.0 Å². The number of hydrogen-bond acceptors (Lipinski definition) is 5. The van der Waals surface area contributed by atoms with Crippen molar-refractivity contribution in [3.05, 3.63) is 93.3 Å². The number of thiophene rings is 1. The van der Waals surface area contributed by atoms with Gasteiger partial charge >= 0.3 is 5.97 Å². The third kappa shape index (κ3) is 4.75. The highest BCUT2D eigenvalue weighted by Crippen LogP contribution is 2.38. The van der Waals surface area contributed by atoms with Gasteiger partial charge in [-0.3, -0.25) is 4.79 Å². The van der Waals surface area contributed by atoms with E-state index < -0.39 is 5.97 Å². The van der Waals surface area contributed by atoms with Gasteiger partial charge in [-0.25, -0.2) is 9.78 Å². The molecule has 0 atom stereocenters. The van der Waals surface area contributed by atoms with E-state index in [-0.39, 0.29) is 18.4 Å². The first-order valence-electron chi connectivity index (χ1n) is 11.7. The summed E-state index contributed by atoms with van der Waals surface area (Å²) in [5.41, 5.74) is 5.88. The van der Waals surface area contributed by atoms with Gasteiger partial charge in [-0.2, -0.15) is 0 Å². The second-order valence-corrected chi connectivity index (χ2v) is 9.86. The second-order valence-electron chi connectivity index (χ2n) is 8.88. The van der Waals surface area contributed by atoms with Crippen LogP contribution in [0.2, 0.25) is 0 Å².